The van der Waals surface area contributed by atoms with E-state index in [2.05, 4.69) is 40.8 Å². The monoisotopic (exact) mass is 377 g/mol. The summed E-state index contributed by atoms with van der Waals surface area (Å²) in [6.45, 7) is 0.594. The van der Waals surface area contributed by atoms with Crippen LogP contribution in [0.5, 0.6) is 0 Å². The van der Waals surface area contributed by atoms with Crippen LogP contribution in [0.4, 0.5) is 0 Å². The van der Waals surface area contributed by atoms with Crippen LogP contribution in [0.25, 0.3) is 28.2 Å². The molecule has 0 saturated carbocycles. The summed E-state index contributed by atoms with van der Waals surface area (Å²) in [4.78, 5) is 0. The van der Waals surface area contributed by atoms with Crippen molar-refractivity contribution >= 4 is 0 Å². The van der Waals surface area contributed by atoms with Gasteiger partial charge in [-0.05, 0) is 12.1 Å². The molecule has 0 fully saturated rings. The minimum absolute atomic E-state index is 0.594. The number of hydrogen-bond acceptors (Lipinski definition) is 3. The highest BCUT2D eigenvalue weighted by Gasteiger charge is 2.14. The molecule has 0 spiro atoms. The minimum atomic E-state index is 0.594. The molecule has 0 radical (unpaired) electrons. The van der Waals surface area contributed by atoms with Crippen molar-refractivity contribution in [2.45, 2.75) is 6.54 Å². The molecule has 0 N–H and O–H groups in total. The van der Waals surface area contributed by atoms with Gasteiger partial charge in [-0.3, -0.25) is 0 Å². The maximum absolute atomic E-state index is 4.87. The van der Waals surface area contributed by atoms with Gasteiger partial charge in [0.05, 0.1) is 24.1 Å². The topological polar surface area (TPSA) is 48.5 Å². The summed E-state index contributed by atoms with van der Waals surface area (Å²) >= 11 is 0. The van der Waals surface area contributed by atoms with Crippen molar-refractivity contribution in [2.24, 2.45) is 0 Å². The van der Waals surface area contributed by atoms with Gasteiger partial charge in [-0.1, -0.05) is 84.1 Å². The lowest BCUT2D eigenvalue weighted by Gasteiger charge is -2.02. The molecule has 3 aromatic carbocycles. The fraction of sp³-hybridized carbons (Fsp3) is 0.0417. The number of nitrogens with zero attached hydrogens (tertiary/aromatic N) is 5. The average molecular weight is 377 g/mol. The van der Waals surface area contributed by atoms with Gasteiger partial charge >= 0.3 is 0 Å². The number of para-hydroxylation sites is 1. The van der Waals surface area contributed by atoms with E-state index < -0.39 is 0 Å². The van der Waals surface area contributed by atoms with Gasteiger partial charge in [-0.25, -0.2) is 9.36 Å². The van der Waals surface area contributed by atoms with Gasteiger partial charge in [0.1, 0.15) is 5.69 Å². The predicted octanol–water partition coefficient (Wildman–Crippen LogP) is 4.85. The van der Waals surface area contributed by atoms with Crippen molar-refractivity contribution < 1.29 is 0 Å². The van der Waals surface area contributed by atoms with Gasteiger partial charge in [0.2, 0.25) is 0 Å². The van der Waals surface area contributed by atoms with E-state index in [0.717, 1.165) is 33.8 Å². The Hall–Kier alpha value is -3.99. The molecule has 0 aliphatic heterocycles. The number of rotatable bonds is 5. The Labute approximate surface area is 168 Å². The van der Waals surface area contributed by atoms with E-state index in [4.69, 9.17) is 5.10 Å². The Morgan fingerprint density at radius 1 is 0.655 bits per heavy atom. The first-order valence-electron chi connectivity index (χ1n) is 9.52. The zero-order valence-electron chi connectivity index (χ0n) is 15.8. The van der Waals surface area contributed by atoms with Crippen LogP contribution in [0.3, 0.4) is 0 Å². The Balaban J connectivity index is 1.52. The first-order valence-corrected chi connectivity index (χ1v) is 9.52. The van der Waals surface area contributed by atoms with Crippen LogP contribution >= 0.6 is 0 Å². The molecule has 5 heteroatoms. The summed E-state index contributed by atoms with van der Waals surface area (Å²) < 4.78 is 3.79. The van der Waals surface area contributed by atoms with Gasteiger partial charge < -0.3 is 0 Å². The van der Waals surface area contributed by atoms with E-state index in [9.17, 15) is 0 Å². The van der Waals surface area contributed by atoms with Crippen LogP contribution < -0.4 is 0 Å². The van der Waals surface area contributed by atoms with E-state index in [-0.39, 0.29) is 0 Å². The zero-order chi connectivity index (χ0) is 19.5. The van der Waals surface area contributed by atoms with Crippen molar-refractivity contribution in [2.75, 3.05) is 0 Å². The lowest BCUT2D eigenvalue weighted by Crippen LogP contribution is -2.01. The van der Waals surface area contributed by atoms with Gasteiger partial charge in [-0.15, -0.1) is 5.10 Å². The standard InChI is InChI=1S/C24H19N5/c1-4-10-19(11-5-1)23-18-28(27-25-23)16-21-17-29(22-14-8-3-9-15-22)26-24(21)20-12-6-2-7-13-20/h1-15,17-18H,16H2. The van der Waals surface area contributed by atoms with E-state index in [1.54, 1.807) is 0 Å². The lowest BCUT2D eigenvalue weighted by molar-refractivity contribution is 0.650. The largest absolute Gasteiger partial charge is 0.247 e. The minimum Gasteiger partial charge on any atom is -0.247 e. The van der Waals surface area contributed by atoms with Gasteiger partial charge in [0, 0.05) is 22.9 Å². The van der Waals surface area contributed by atoms with Crippen molar-refractivity contribution in [3.63, 3.8) is 0 Å². The molecule has 29 heavy (non-hydrogen) atoms. The Kier molecular flexibility index (Phi) is 4.47. The number of aromatic nitrogens is 5. The normalized spacial score (nSPS) is 10.9. The van der Waals surface area contributed by atoms with E-state index in [0.29, 0.717) is 6.54 Å². The molecule has 0 amide bonds. The van der Waals surface area contributed by atoms with Gasteiger partial charge in [0.15, 0.2) is 0 Å². The Morgan fingerprint density at radius 3 is 1.97 bits per heavy atom. The maximum atomic E-state index is 4.87. The lowest BCUT2D eigenvalue weighted by atomic mass is 10.1. The highest BCUT2D eigenvalue weighted by molar-refractivity contribution is 5.63. The highest BCUT2D eigenvalue weighted by Crippen LogP contribution is 2.25. The first kappa shape index (κ1) is 17.1. The van der Waals surface area contributed by atoms with Crippen molar-refractivity contribution in [1.82, 2.24) is 24.8 Å². The fourth-order valence-corrected chi connectivity index (χ4v) is 3.37. The van der Waals surface area contributed by atoms with Crippen LogP contribution in [-0.4, -0.2) is 24.8 Å². The second kappa shape index (κ2) is 7.56. The molecular formula is C24H19N5. The van der Waals surface area contributed by atoms with Crippen molar-refractivity contribution in [1.29, 1.82) is 0 Å². The van der Waals surface area contributed by atoms with E-state index in [1.807, 2.05) is 82.3 Å². The summed E-state index contributed by atoms with van der Waals surface area (Å²) in [5.74, 6) is 0. The average Bonchev–Trinajstić information content (AvgIpc) is 3.43. The maximum Gasteiger partial charge on any atom is 0.113 e. The fourth-order valence-electron chi connectivity index (χ4n) is 3.37. The third kappa shape index (κ3) is 3.58. The quantitative estimate of drug-likeness (QED) is 0.440. The molecule has 2 heterocycles. The number of benzene rings is 3. The second-order valence-corrected chi connectivity index (χ2v) is 6.82. The third-order valence-corrected chi connectivity index (χ3v) is 4.80. The Bertz CT molecular complexity index is 1210. The molecular weight excluding hydrogens is 358 g/mol. The van der Waals surface area contributed by atoms with Crippen LogP contribution in [0.15, 0.2) is 103 Å². The van der Waals surface area contributed by atoms with E-state index in [1.165, 1.54) is 0 Å². The molecule has 0 saturated heterocycles. The molecule has 0 atom stereocenters. The zero-order valence-corrected chi connectivity index (χ0v) is 15.8. The molecule has 0 aliphatic rings. The molecule has 5 aromatic rings. The summed E-state index contributed by atoms with van der Waals surface area (Å²) in [6.07, 6.45) is 4.05. The van der Waals surface area contributed by atoms with E-state index >= 15 is 0 Å². The van der Waals surface area contributed by atoms with Crippen molar-refractivity contribution in [3.8, 4) is 28.2 Å². The molecule has 140 valence electrons. The first-order chi connectivity index (χ1) is 14.4. The van der Waals surface area contributed by atoms with Crippen LogP contribution in [-0.2, 0) is 6.54 Å². The molecule has 5 nitrogen and oxygen atoms in total. The SMILES string of the molecule is c1ccc(-c2cn(Cc3cn(-c4ccccc4)nc3-c3ccccc3)nn2)cc1. The Morgan fingerprint density at radius 2 is 1.28 bits per heavy atom. The summed E-state index contributed by atoms with van der Waals surface area (Å²) in [7, 11) is 0. The third-order valence-electron chi connectivity index (χ3n) is 4.80. The molecule has 0 unspecified atom stereocenters. The summed E-state index contributed by atoms with van der Waals surface area (Å²) in [5, 5.41) is 13.5. The number of hydrogen-bond donors (Lipinski definition) is 0. The van der Waals surface area contributed by atoms with Crippen LogP contribution in [0, 0.1) is 0 Å². The molecule has 2 aromatic heterocycles. The van der Waals surface area contributed by atoms with Gasteiger partial charge in [-0.2, -0.15) is 5.10 Å². The summed E-state index contributed by atoms with van der Waals surface area (Å²) in [6, 6.07) is 30.5. The highest BCUT2D eigenvalue weighted by atomic mass is 15.4. The molecule has 0 bridgehead atoms. The van der Waals surface area contributed by atoms with Crippen molar-refractivity contribution in [3.05, 3.63) is 109 Å². The predicted molar refractivity (Wildman–Crippen MR) is 114 cm³/mol. The van der Waals surface area contributed by atoms with Crippen LogP contribution in [0.1, 0.15) is 5.56 Å². The van der Waals surface area contributed by atoms with Gasteiger partial charge in [0.25, 0.3) is 0 Å². The summed E-state index contributed by atoms with van der Waals surface area (Å²) in [5.41, 5.74) is 6.07. The van der Waals surface area contributed by atoms with Crippen LogP contribution in [0.2, 0.25) is 0 Å². The molecule has 5 rings (SSSR count). The molecule has 0 aliphatic carbocycles. The smallest absolute Gasteiger partial charge is 0.113 e. The second-order valence-electron chi connectivity index (χ2n) is 6.82.